The van der Waals surface area contributed by atoms with Gasteiger partial charge < -0.3 is 15.1 Å². The van der Waals surface area contributed by atoms with Crippen LogP contribution >= 0.6 is 0 Å². The number of carbonyl (C=O) groups excluding carboxylic acids is 1. The van der Waals surface area contributed by atoms with E-state index in [2.05, 4.69) is 10.6 Å². The van der Waals surface area contributed by atoms with Crippen molar-refractivity contribution in [3.63, 3.8) is 0 Å². The Labute approximate surface area is 114 Å². The van der Waals surface area contributed by atoms with Crippen molar-refractivity contribution in [1.29, 1.82) is 0 Å². The van der Waals surface area contributed by atoms with E-state index in [4.69, 9.17) is 4.42 Å². The molecule has 1 aromatic heterocycles. The molecule has 2 rings (SSSR count). The van der Waals surface area contributed by atoms with Gasteiger partial charge in [-0.1, -0.05) is 12.1 Å². The fourth-order valence-corrected chi connectivity index (χ4v) is 1.65. The summed E-state index contributed by atoms with van der Waals surface area (Å²) in [5.41, 5.74) is 0.426. The molecule has 1 amide bonds. The van der Waals surface area contributed by atoms with Crippen LogP contribution in [-0.4, -0.2) is 23.9 Å². The van der Waals surface area contributed by atoms with Gasteiger partial charge in [-0.2, -0.15) is 0 Å². The average Bonchev–Trinajstić information content (AvgIpc) is 2.98. The molecule has 7 nitrogen and oxygen atoms in total. The van der Waals surface area contributed by atoms with E-state index >= 15 is 0 Å². The smallest absolute Gasteiger partial charge is 0.292 e. The molecule has 1 aromatic carbocycles. The van der Waals surface area contributed by atoms with Crippen LogP contribution in [0.25, 0.3) is 0 Å². The lowest BCUT2D eigenvalue weighted by atomic mass is 10.2. The standard InChI is InChI=1S/C13H13N3O4/c17-13(12-6-3-9-20-12)15-8-7-14-10-4-1-2-5-11(10)16(18)19/h1-6,9,14H,7-8H2,(H,15,17). The normalized spacial score (nSPS) is 10.0. The molecule has 0 atom stereocenters. The maximum absolute atomic E-state index is 11.6. The first-order chi connectivity index (χ1) is 9.68. The zero-order valence-corrected chi connectivity index (χ0v) is 10.5. The van der Waals surface area contributed by atoms with Crippen LogP contribution < -0.4 is 10.6 Å². The van der Waals surface area contributed by atoms with Crippen LogP contribution in [0.4, 0.5) is 11.4 Å². The van der Waals surface area contributed by atoms with E-state index < -0.39 is 4.92 Å². The number of carbonyl (C=O) groups is 1. The van der Waals surface area contributed by atoms with Crippen LogP contribution in [0.2, 0.25) is 0 Å². The van der Waals surface area contributed by atoms with E-state index in [9.17, 15) is 14.9 Å². The number of benzene rings is 1. The Bertz CT molecular complexity index is 595. The Hall–Kier alpha value is -2.83. The largest absolute Gasteiger partial charge is 0.459 e. The minimum atomic E-state index is -0.455. The lowest BCUT2D eigenvalue weighted by Gasteiger charge is -2.07. The third kappa shape index (κ3) is 3.35. The van der Waals surface area contributed by atoms with Gasteiger partial charge in [0.2, 0.25) is 0 Å². The van der Waals surface area contributed by atoms with Gasteiger partial charge in [-0.3, -0.25) is 14.9 Å². The molecule has 0 radical (unpaired) electrons. The van der Waals surface area contributed by atoms with Gasteiger partial charge in [-0.15, -0.1) is 0 Å². The third-order valence-corrected chi connectivity index (χ3v) is 2.57. The van der Waals surface area contributed by atoms with Crippen molar-refractivity contribution in [1.82, 2.24) is 5.32 Å². The molecule has 0 saturated heterocycles. The Morgan fingerprint density at radius 1 is 1.20 bits per heavy atom. The van der Waals surface area contributed by atoms with Gasteiger partial charge in [0.25, 0.3) is 11.6 Å². The van der Waals surface area contributed by atoms with E-state index in [-0.39, 0.29) is 17.4 Å². The molecule has 0 spiro atoms. The Kier molecular flexibility index (Phi) is 4.33. The first kappa shape index (κ1) is 13.6. The molecule has 0 aliphatic rings. The van der Waals surface area contributed by atoms with Crippen molar-refractivity contribution in [2.24, 2.45) is 0 Å². The lowest BCUT2D eigenvalue weighted by molar-refractivity contribution is -0.384. The zero-order chi connectivity index (χ0) is 14.4. The number of nitro groups is 1. The van der Waals surface area contributed by atoms with Crippen LogP contribution in [0.5, 0.6) is 0 Å². The van der Waals surface area contributed by atoms with Crippen molar-refractivity contribution >= 4 is 17.3 Å². The van der Waals surface area contributed by atoms with Crippen molar-refractivity contribution in [3.8, 4) is 0 Å². The second-order valence-electron chi connectivity index (χ2n) is 3.93. The number of nitro benzene ring substituents is 1. The molecule has 0 bridgehead atoms. The topological polar surface area (TPSA) is 97.4 Å². The molecular weight excluding hydrogens is 262 g/mol. The summed E-state index contributed by atoms with van der Waals surface area (Å²) in [7, 11) is 0. The predicted molar refractivity (Wildman–Crippen MR) is 72.6 cm³/mol. The molecule has 0 unspecified atom stereocenters. The highest BCUT2D eigenvalue weighted by Gasteiger charge is 2.11. The summed E-state index contributed by atoms with van der Waals surface area (Å²) in [5, 5.41) is 16.3. The molecular formula is C13H13N3O4. The number of hydrogen-bond acceptors (Lipinski definition) is 5. The molecule has 0 saturated carbocycles. The summed E-state index contributed by atoms with van der Waals surface area (Å²) >= 11 is 0. The van der Waals surface area contributed by atoms with Gasteiger partial charge in [0.05, 0.1) is 11.2 Å². The number of amides is 1. The SMILES string of the molecule is O=C(NCCNc1ccccc1[N+](=O)[O-])c1ccco1. The summed E-state index contributed by atoms with van der Waals surface area (Å²) in [5.74, 6) is -0.0879. The first-order valence-electron chi connectivity index (χ1n) is 5.97. The highest BCUT2D eigenvalue weighted by Crippen LogP contribution is 2.22. The molecule has 2 aromatic rings. The van der Waals surface area contributed by atoms with Crippen LogP contribution in [-0.2, 0) is 0 Å². The summed E-state index contributed by atoms with van der Waals surface area (Å²) in [6, 6.07) is 9.53. The highest BCUT2D eigenvalue weighted by molar-refractivity contribution is 5.91. The molecule has 7 heteroatoms. The van der Waals surface area contributed by atoms with E-state index in [1.807, 2.05) is 0 Å². The third-order valence-electron chi connectivity index (χ3n) is 2.57. The predicted octanol–water partition coefficient (Wildman–Crippen LogP) is 2.03. The van der Waals surface area contributed by atoms with E-state index in [1.54, 1.807) is 30.3 Å². The van der Waals surface area contributed by atoms with E-state index in [0.29, 0.717) is 18.8 Å². The van der Waals surface area contributed by atoms with Crippen LogP contribution in [0.1, 0.15) is 10.6 Å². The van der Waals surface area contributed by atoms with Crippen LogP contribution in [0, 0.1) is 10.1 Å². The number of nitrogens with one attached hydrogen (secondary N) is 2. The number of nitrogens with zero attached hydrogens (tertiary/aromatic N) is 1. The average molecular weight is 275 g/mol. The molecule has 2 N–H and O–H groups in total. The fourth-order valence-electron chi connectivity index (χ4n) is 1.65. The Morgan fingerprint density at radius 3 is 2.70 bits per heavy atom. The Balaban J connectivity index is 1.82. The minimum Gasteiger partial charge on any atom is -0.459 e. The summed E-state index contributed by atoms with van der Waals surface area (Å²) in [4.78, 5) is 21.9. The second-order valence-corrected chi connectivity index (χ2v) is 3.93. The Morgan fingerprint density at radius 2 is 2.00 bits per heavy atom. The van der Waals surface area contributed by atoms with Crippen molar-refractivity contribution in [2.75, 3.05) is 18.4 Å². The second kappa shape index (κ2) is 6.37. The molecule has 1 heterocycles. The monoisotopic (exact) mass is 275 g/mol. The van der Waals surface area contributed by atoms with Crippen molar-refractivity contribution in [3.05, 3.63) is 58.5 Å². The fraction of sp³-hybridized carbons (Fsp3) is 0.154. The lowest BCUT2D eigenvalue weighted by Crippen LogP contribution is -2.28. The maximum Gasteiger partial charge on any atom is 0.292 e. The molecule has 0 aliphatic heterocycles. The summed E-state index contributed by atoms with van der Waals surface area (Å²) < 4.78 is 4.94. The molecule has 20 heavy (non-hydrogen) atoms. The summed E-state index contributed by atoms with van der Waals surface area (Å²) in [6.45, 7) is 0.697. The van der Waals surface area contributed by atoms with Crippen molar-refractivity contribution in [2.45, 2.75) is 0 Å². The van der Waals surface area contributed by atoms with E-state index in [0.717, 1.165) is 0 Å². The quantitative estimate of drug-likeness (QED) is 0.477. The van der Waals surface area contributed by atoms with Crippen LogP contribution in [0.15, 0.2) is 47.1 Å². The zero-order valence-electron chi connectivity index (χ0n) is 10.5. The van der Waals surface area contributed by atoms with Gasteiger partial charge in [-0.25, -0.2) is 0 Å². The van der Waals surface area contributed by atoms with Crippen molar-refractivity contribution < 1.29 is 14.1 Å². The number of hydrogen-bond donors (Lipinski definition) is 2. The van der Waals surface area contributed by atoms with Gasteiger partial charge in [-0.05, 0) is 18.2 Å². The van der Waals surface area contributed by atoms with Crippen LogP contribution in [0.3, 0.4) is 0 Å². The first-order valence-corrected chi connectivity index (χ1v) is 5.97. The number of anilines is 1. The summed E-state index contributed by atoms with van der Waals surface area (Å²) in [6.07, 6.45) is 1.42. The van der Waals surface area contributed by atoms with Gasteiger partial charge in [0, 0.05) is 19.2 Å². The molecule has 0 aliphatic carbocycles. The highest BCUT2D eigenvalue weighted by atomic mass is 16.6. The number of furan rings is 1. The van der Waals surface area contributed by atoms with Gasteiger partial charge >= 0.3 is 0 Å². The van der Waals surface area contributed by atoms with Gasteiger partial charge in [0.1, 0.15) is 5.69 Å². The number of rotatable bonds is 6. The molecule has 104 valence electrons. The minimum absolute atomic E-state index is 0.00450. The number of para-hydroxylation sites is 2. The maximum atomic E-state index is 11.6. The molecule has 0 fully saturated rings. The van der Waals surface area contributed by atoms with Gasteiger partial charge in [0.15, 0.2) is 5.76 Å². The van der Waals surface area contributed by atoms with E-state index in [1.165, 1.54) is 12.3 Å².